The number of pyridine rings is 1. The van der Waals surface area contributed by atoms with E-state index in [1.807, 2.05) is 26.0 Å². The van der Waals surface area contributed by atoms with Crippen molar-refractivity contribution in [3.05, 3.63) is 46.6 Å². The zero-order valence-electron chi connectivity index (χ0n) is 11.4. The SMILES string of the molecule is CCc1nc(N)c(C#N)c(-c2ccc(C#N)cc2)c1C. The minimum Gasteiger partial charge on any atom is -0.383 e. The first-order valence-electron chi connectivity index (χ1n) is 6.32. The molecule has 0 saturated carbocycles. The Morgan fingerprint density at radius 1 is 1.15 bits per heavy atom. The molecule has 0 saturated heterocycles. The Hall–Kier alpha value is -2.85. The summed E-state index contributed by atoms with van der Waals surface area (Å²) in [5, 5.41) is 18.2. The lowest BCUT2D eigenvalue weighted by atomic mass is 9.94. The molecule has 0 atom stereocenters. The molecule has 0 radical (unpaired) electrons. The third-order valence-corrected chi connectivity index (χ3v) is 3.32. The zero-order valence-corrected chi connectivity index (χ0v) is 11.4. The van der Waals surface area contributed by atoms with Crippen LogP contribution in [0.5, 0.6) is 0 Å². The first-order valence-corrected chi connectivity index (χ1v) is 6.32. The molecule has 0 spiro atoms. The van der Waals surface area contributed by atoms with Gasteiger partial charge in [-0.2, -0.15) is 10.5 Å². The molecule has 98 valence electrons. The number of nitriles is 2. The Morgan fingerprint density at radius 3 is 2.30 bits per heavy atom. The molecule has 2 N–H and O–H groups in total. The van der Waals surface area contributed by atoms with Gasteiger partial charge in [-0.05, 0) is 36.6 Å². The lowest BCUT2D eigenvalue weighted by Crippen LogP contribution is -2.04. The van der Waals surface area contributed by atoms with Gasteiger partial charge in [0.15, 0.2) is 0 Å². The van der Waals surface area contributed by atoms with Crippen molar-refractivity contribution in [3.8, 4) is 23.3 Å². The van der Waals surface area contributed by atoms with E-state index in [0.29, 0.717) is 11.1 Å². The number of aromatic nitrogens is 1. The summed E-state index contributed by atoms with van der Waals surface area (Å²) in [4.78, 5) is 4.28. The molecule has 0 aliphatic carbocycles. The number of nitrogens with two attached hydrogens (primary N) is 1. The smallest absolute Gasteiger partial charge is 0.142 e. The second kappa shape index (κ2) is 5.42. The van der Waals surface area contributed by atoms with Crippen molar-refractivity contribution < 1.29 is 0 Å². The van der Waals surface area contributed by atoms with E-state index in [9.17, 15) is 5.26 Å². The van der Waals surface area contributed by atoms with E-state index in [4.69, 9.17) is 11.0 Å². The molecule has 0 fully saturated rings. The minimum atomic E-state index is 0.259. The maximum atomic E-state index is 9.33. The lowest BCUT2D eigenvalue weighted by molar-refractivity contribution is 1.01. The van der Waals surface area contributed by atoms with Gasteiger partial charge in [-0.15, -0.1) is 0 Å². The van der Waals surface area contributed by atoms with Crippen LogP contribution in [0, 0.1) is 29.6 Å². The zero-order chi connectivity index (χ0) is 14.7. The van der Waals surface area contributed by atoms with Crippen molar-refractivity contribution >= 4 is 5.82 Å². The summed E-state index contributed by atoms with van der Waals surface area (Å²) >= 11 is 0. The van der Waals surface area contributed by atoms with E-state index in [1.54, 1.807) is 12.1 Å². The third-order valence-electron chi connectivity index (χ3n) is 3.32. The second-order valence-electron chi connectivity index (χ2n) is 4.47. The molecule has 1 aromatic heterocycles. The standard InChI is InChI=1S/C16H14N4/c1-3-14-10(2)15(13(9-18)16(19)20-14)12-6-4-11(8-17)5-7-12/h4-7H,3H2,1-2H3,(H2,19,20). The Bertz CT molecular complexity index is 730. The molecule has 0 bridgehead atoms. The van der Waals surface area contributed by atoms with Crippen molar-refractivity contribution in [2.24, 2.45) is 0 Å². The summed E-state index contributed by atoms with van der Waals surface area (Å²) in [6.45, 7) is 3.95. The molecule has 0 aliphatic heterocycles. The third kappa shape index (κ3) is 2.20. The minimum absolute atomic E-state index is 0.259. The Kier molecular flexibility index (Phi) is 3.68. The number of hydrogen-bond donors (Lipinski definition) is 1. The summed E-state index contributed by atoms with van der Waals surface area (Å²) < 4.78 is 0. The summed E-state index contributed by atoms with van der Waals surface area (Å²) in [5.41, 5.74) is 10.4. The number of hydrogen-bond acceptors (Lipinski definition) is 4. The molecule has 4 heteroatoms. The van der Waals surface area contributed by atoms with Crippen LogP contribution in [-0.4, -0.2) is 4.98 Å². The van der Waals surface area contributed by atoms with Gasteiger partial charge in [0.2, 0.25) is 0 Å². The van der Waals surface area contributed by atoms with Gasteiger partial charge >= 0.3 is 0 Å². The van der Waals surface area contributed by atoms with Gasteiger partial charge in [0, 0.05) is 11.3 Å². The number of nitrogen functional groups attached to an aromatic ring is 1. The highest BCUT2D eigenvalue weighted by Crippen LogP contribution is 2.31. The normalized spacial score (nSPS) is 9.80. The Morgan fingerprint density at radius 2 is 1.80 bits per heavy atom. The number of benzene rings is 1. The van der Waals surface area contributed by atoms with Crippen LogP contribution < -0.4 is 5.73 Å². The van der Waals surface area contributed by atoms with E-state index in [0.717, 1.165) is 28.8 Å². The molecule has 2 aromatic rings. The number of nitrogens with zero attached hydrogens (tertiary/aromatic N) is 3. The quantitative estimate of drug-likeness (QED) is 0.901. The maximum Gasteiger partial charge on any atom is 0.142 e. The van der Waals surface area contributed by atoms with Gasteiger partial charge < -0.3 is 5.73 Å². The van der Waals surface area contributed by atoms with Crippen molar-refractivity contribution in [2.45, 2.75) is 20.3 Å². The first kappa shape index (κ1) is 13.6. The number of anilines is 1. The lowest BCUT2D eigenvalue weighted by Gasteiger charge is -2.14. The van der Waals surface area contributed by atoms with Crippen LogP contribution in [0.3, 0.4) is 0 Å². The van der Waals surface area contributed by atoms with E-state index >= 15 is 0 Å². The molecular weight excluding hydrogens is 248 g/mol. The van der Waals surface area contributed by atoms with E-state index in [-0.39, 0.29) is 5.82 Å². The monoisotopic (exact) mass is 262 g/mol. The highest BCUT2D eigenvalue weighted by atomic mass is 14.8. The Labute approximate surface area is 118 Å². The summed E-state index contributed by atoms with van der Waals surface area (Å²) in [6.07, 6.45) is 0.755. The average Bonchev–Trinajstić information content (AvgIpc) is 2.48. The van der Waals surface area contributed by atoms with Crippen LogP contribution in [0.4, 0.5) is 5.82 Å². The fourth-order valence-corrected chi connectivity index (χ4v) is 2.27. The topological polar surface area (TPSA) is 86.5 Å². The summed E-state index contributed by atoms with van der Waals surface area (Å²) in [6, 6.07) is 11.3. The molecule has 0 amide bonds. The van der Waals surface area contributed by atoms with Crippen LogP contribution in [0.15, 0.2) is 24.3 Å². The first-order chi connectivity index (χ1) is 9.62. The molecule has 2 rings (SSSR count). The van der Waals surface area contributed by atoms with E-state index in [2.05, 4.69) is 17.1 Å². The van der Waals surface area contributed by atoms with Crippen molar-refractivity contribution in [3.63, 3.8) is 0 Å². The fraction of sp³-hybridized carbons (Fsp3) is 0.188. The molecule has 4 nitrogen and oxygen atoms in total. The molecule has 1 heterocycles. The van der Waals surface area contributed by atoms with Crippen LogP contribution in [-0.2, 0) is 6.42 Å². The van der Waals surface area contributed by atoms with Gasteiger partial charge in [0.1, 0.15) is 17.5 Å². The van der Waals surface area contributed by atoms with Gasteiger partial charge in [-0.25, -0.2) is 4.98 Å². The molecular formula is C16H14N4. The van der Waals surface area contributed by atoms with Gasteiger partial charge in [-0.3, -0.25) is 0 Å². The number of rotatable bonds is 2. The van der Waals surface area contributed by atoms with Crippen molar-refractivity contribution in [2.75, 3.05) is 5.73 Å². The molecule has 1 aromatic carbocycles. The largest absolute Gasteiger partial charge is 0.383 e. The van der Waals surface area contributed by atoms with Crippen molar-refractivity contribution in [1.82, 2.24) is 4.98 Å². The average molecular weight is 262 g/mol. The van der Waals surface area contributed by atoms with Gasteiger partial charge in [0.05, 0.1) is 11.6 Å². The van der Waals surface area contributed by atoms with Crippen LogP contribution in [0.1, 0.15) is 29.3 Å². The molecule has 0 aliphatic rings. The van der Waals surface area contributed by atoms with E-state index < -0.39 is 0 Å². The van der Waals surface area contributed by atoms with Gasteiger partial charge in [-0.1, -0.05) is 19.1 Å². The highest BCUT2D eigenvalue weighted by molar-refractivity contribution is 5.79. The molecule has 0 unspecified atom stereocenters. The fourth-order valence-electron chi connectivity index (χ4n) is 2.27. The maximum absolute atomic E-state index is 9.33. The number of aryl methyl sites for hydroxylation is 1. The van der Waals surface area contributed by atoms with Crippen LogP contribution >= 0.6 is 0 Å². The van der Waals surface area contributed by atoms with Gasteiger partial charge in [0.25, 0.3) is 0 Å². The second-order valence-corrected chi connectivity index (χ2v) is 4.47. The Balaban J connectivity index is 2.74. The summed E-state index contributed by atoms with van der Waals surface area (Å²) in [7, 11) is 0. The predicted molar refractivity (Wildman–Crippen MR) is 77.6 cm³/mol. The molecule has 20 heavy (non-hydrogen) atoms. The van der Waals surface area contributed by atoms with Crippen molar-refractivity contribution in [1.29, 1.82) is 10.5 Å². The predicted octanol–water partition coefficient (Wildman–Crippen LogP) is 2.94. The van der Waals surface area contributed by atoms with E-state index in [1.165, 1.54) is 0 Å². The van der Waals surface area contributed by atoms with Crippen LogP contribution in [0.2, 0.25) is 0 Å². The summed E-state index contributed by atoms with van der Waals surface area (Å²) in [5.74, 6) is 0.259. The highest BCUT2D eigenvalue weighted by Gasteiger charge is 2.16. The van der Waals surface area contributed by atoms with Crippen LogP contribution in [0.25, 0.3) is 11.1 Å².